The average Bonchev–Trinajstić information content (AvgIpc) is 2.99. The normalized spacial score (nSPS) is 14.4. The summed E-state index contributed by atoms with van der Waals surface area (Å²) in [6.07, 6.45) is 1.17. The Hall–Kier alpha value is -2.28. The molecule has 0 saturated heterocycles. The number of rotatable bonds is 8. The number of carbonyl (C=O) groups excluding carboxylic acids is 2. The van der Waals surface area contributed by atoms with Crippen LogP contribution in [-0.2, 0) is 22.4 Å². The van der Waals surface area contributed by atoms with Crippen molar-refractivity contribution in [1.29, 1.82) is 0 Å². The fourth-order valence-corrected chi connectivity index (χ4v) is 3.04. The lowest BCUT2D eigenvalue weighted by atomic mass is 10.1. The summed E-state index contributed by atoms with van der Waals surface area (Å²) in [7, 11) is 0. The summed E-state index contributed by atoms with van der Waals surface area (Å²) in [5.74, 6) is -0.930. The molecule has 7 nitrogen and oxygen atoms in total. The Labute approximate surface area is 151 Å². The van der Waals surface area contributed by atoms with E-state index in [2.05, 4.69) is 16.0 Å². The van der Waals surface area contributed by atoms with Crippen LogP contribution in [-0.4, -0.2) is 47.5 Å². The Balaban J connectivity index is 1.88. The van der Waals surface area contributed by atoms with Crippen molar-refractivity contribution >= 4 is 29.5 Å². The highest BCUT2D eigenvalue weighted by Crippen LogP contribution is 2.21. The van der Waals surface area contributed by atoms with Gasteiger partial charge in [-0.05, 0) is 36.8 Å². The molecule has 1 aliphatic carbocycles. The minimum Gasteiger partial charge on any atom is -0.465 e. The zero-order chi connectivity index (χ0) is 18.2. The summed E-state index contributed by atoms with van der Waals surface area (Å²) in [6.45, 7) is 0.213. The third-order valence-electron chi connectivity index (χ3n) is 4.12. The molecule has 25 heavy (non-hydrogen) atoms. The molecule has 0 aromatic heterocycles. The van der Waals surface area contributed by atoms with Crippen molar-refractivity contribution in [3.05, 3.63) is 35.4 Å². The van der Waals surface area contributed by atoms with Gasteiger partial charge in [-0.2, -0.15) is 0 Å². The number of carbonyl (C=O) groups is 3. The van der Waals surface area contributed by atoms with Crippen LogP contribution in [0.25, 0.3) is 0 Å². The minimum atomic E-state index is -1.12. The van der Waals surface area contributed by atoms with Gasteiger partial charge in [0.25, 0.3) is 0 Å². The van der Waals surface area contributed by atoms with Crippen molar-refractivity contribution in [3.63, 3.8) is 0 Å². The molecule has 8 heteroatoms. The van der Waals surface area contributed by atoms with Crippen LogP contribution in [0.1, 0.15) is 24.0 Å². The Morgan fingerprint density at radius 1 is 1.20 bits per heavy atom. The van der Waals surface area contributed by atoms with Gasteiger partial charge >= 0.3 is 6.09 Å². The van der Waals surface area contributed by atoms with Gasteiger partial charge in [-0.25, -0.2) is 4.79 Å². The standard InChI is InChI=1S/C17H22ClN3O4/c18-10-15(22)21-14(6-3-7-19-17(24)25)16(23)20-13-8-11-4-1-2-5-12(11)9-13/h1-2,4-5,13-14,19H,3,6-10H2,(H,20,23)(H,21,22)(H,24,25). The summed E-state index contributed by atoms with van der Waals surface area (Å²) in [5, 5.41) is 16.4. The highest BCUT2D eigenvalue weighted by atomic mass is 35.5. The molecule has 0 heterocycles. The highest BCUT2D eigenvalue weighted by Gasteiger charge is 2.26. The van der Waals surface area contributed by atoms with E-state index in [1.807, 2.05) is 24.3 Å². The lowest BCUT2D eigenvalue weighted by molar-refractivity contribution is -0.128. The number of benzene rings is 1. The molecular weight excluding hydrogens is 346 g/mol. The van der Waals surface area contributed by atoms with E-state index >= 15 is 0 Å². The molecule has 1 atom stereocenters. The third-order valence-corrected chi connectivity index (χ3v) is 4.36. The lowest BCUT2D eigenvalue weighted by Crippen LogP contribution is -2.50. The number of carboxylic acid groups (broad SMARTS) is 1. The van der Waals surface area contributed by atoms with Gasteiger partial charge in [-0.1, -0.05) is 24.3 Å². The fourth-order valence-electron chi connectivity index (χ4n) is 2.97. The van der Waals surface area contributed by atoms with Crippen molar-refractivity contribution in [2.45, 2.75) is 37.8 Å². The number of hydrogen-bond donors (Lipinski definition) is 4. The predicted octanol–water partition coefficient (Wildman–Crippen LogP) is 1.04. The number of hydrogen-bond acceptors (Lipinski definition) is 3. The zero-order valence-corrected chi connectivity index (χ0v) is 14.5. The molecule has 0 radical (unpaired) electrons. The molecule has 136 valence electrons. The van der Waals surface area contributed by atoms with Gasteiger partial charge in [0, 0.05) is 12.6 Å². The van der Waals surface area contributed by atoms with Gasteiger partial charge in [-0.3, -0.25) is 9.59 Å². The first-order valence-corrected chi connectivity index (χ1v) is 8.72. The molecule has 1 aromatic rings. The van der Waals surface area contributed by atoms with Crippen LogP contribution in [0, 0.1) is 0 Å². The zero-order valence-electron chi connectivity index (χ0n) is 13.8. The molecule has 0 bridgehead atoms. The molecule has 4 N–H and O–H groups in total. The molecule has 3 amide bonds. The van der Waals surface area contributed by atoms with Gasteiger partial charge in [0.1, 0.15) is 11.9 Å². The van der Waals surface area contributed by atoms with Crippen molar-refractivity contribution in [3.8, 4) is 0 Å². The molecule has 1 aliphatic rings. The Bertz CT molecular complexity index is 613. The average molecular weight is 368 g/mol. The third kappa shape index (κ3) is 5.94. The van der Waals surface area contributed by atoms with Crippen LogP contribution in [0.4, 0.5) is 4.79 Å². The van der Waals surface area contributed by atoms with Crippen LogP contribution in [0.15, 0.2) is 24.3 Å². The molecule has 2 rings (SSSR count). The summed E-state index contributed by atoms with van der Waals surface area (Å²) in [5.41, 5.74) is 2.44. The smallest absolute Gasteiger partial charge is 0.404 e. The van der Waals surface area contributed by atoms with E-state index in [9.17, 15) is 14.4 Å². The van der Waals surface area contributed by atoms with E-state index < -0.39 is 18.0 Å². The Morgan fingerprint density at radius 3 is 2.40 bits per heavy atom. The second-order valence-corrected chi connectivity index (χ2v) is 6.28. The summed E-state index contributed by atoms with van der Waals surface area (Å²) < 4.78 is 0. The van der Waals surface area contributed by atoms with Gasteiger partial charge in [0.05, 0.1) is 0 Å². The monoisotopic (exact) mass is 367 g/mol. The first-order chi connectivity index (χ1) is 12.0. The van der Waals surface area contributed by atoms with Crippen LogP contribution in [0.5, 0.6) is 0 Å². The van der Waals surface area contributed by atoms with Gasteiger partial charge in [0.2, 0.25) is 11.8 Å². The number of halogens is 1. The number of amides is 3. The molecule has 0 fully saturated rings. The SMILES string of the molecule is O=C(O)NCCCC(NC(=O)CCl)C(=O)NC1Cc2ccccc2C1. The maximum atomic E-state index is 12.5. The van der Waals surface area contributed by atoms with Crippen molar-refractivity contribution in [2.75, 3.05) is 12.4 Å². The van der Waals surface area contributed by atoms with Crippen molar-refractivity contribution in [1.82, 2.24) is 16.0 Å². The fraction of sp³-hybridized carbons (Fsp3) is 0.471. The molecular formula is C17H22ClN3O4. The van der Waals surface area contributed by atoms with Crippen LogP contribution in [0.3, 0.4) is 0 Å². The first-order valence-electron chi connectivity index (χ1n) is 8.19. The van der Waals surface area contributed by atoms with E-state index in [0.717, 1.165) is 12.8 Å². The van der Waals surface area contributed by atoms with E-state index in [4.69, 9.17) is 16.7 Å². The van der Waals surface area contributed by atoms with Crippen LogP contribution in [0.2, 0.25) is 0 Å². The van der Waals surface area contributed by atoms with Crippen molar-refractivity contribution in [2.24, 2.45) is 0 Å². The summed E-state index contributed by atoms with van der Waals surface area (Å²) in [4.78, 5) is 34.5. The van der Waals surface area contributed by atoms with E-state index in [-0.39, 0.29) is 24.4 Å². The summed E-state index contributed by atoms with van der Waals surface area (Å²) in [6, 6.07) is 7.31. The van der Waals surface area contributed by atoms with Crippen molar-refractivity contribution < 1.29 is 19.5 Å². The molecule has 1 unspecified atom stereocenters. The minimum absolute atomic E-state index is 0.00236. The predicted molar refractivity (Wildman–Crippen MR) is 93.7 cm³/mol. The number of nitrogens with one attached hydrogen (secondary N) is 3. The van der Waals surface area contributed by atoms with Gasteiger partial charge in [0.15, 0.2) is 0 Å². The Kier molecular flexibility index (Phi) is 7.06. The maximum absolute atomic E-state index is 12.5. The molecule has 0 saturated carbocycles. The second-order valence-electron chi connectivity index (χ2n) is 6.01. The largest absolute Gasteiger partial charge is 0.465 e. The first kappa shape index (κ1) is 19.1. The second kappa shape index (κ2) is 9.27. The van der Waals surface area contributed by atoms with Crippen LogP contribution >= 0.6 is 11.6 Å². The number of fused-ring (bicyclic) bond motifs is 1. The number of alkyl halides is 1. The maximum Gasteiger partial charge on any atom is 0.404 e. The Morgan fingerprint density at radius 2 is 1.84 bits per heavy atom. The van der Waals surface area contributed by atoms with E-state index in [1.165, 1.54) is 11.1 Å². The van der Waals surface area contributed by atoms with Crippen LogP contribution < -0.4 is 16.0 Å². The lowest BCUT2D eigenvalue weighted by Gasteiger charge is -2.20. The summed E-state index contributed by atoms with van der Waals surface area (Å²) >= 11 is 5.50. The highest BCUT2D eigenvalue weighted by molar-refractivity contribution is 6.27. The van der Waals surface area contributed by atoms with Gasteiger partial charge < -0.3 is 21.1 Å². The molecule has 0 spiro atoms. The molecule has 1 aromatic carbocycles. The van der Waals surface area contributed by atoms with E-state index in [0.29, 0.717) is 12.8 Å². The van der Waals surface area contributed by atoms with Gasteiger partial charge in [-0.15, -0.1) is 11.6 Å². The quantitative estimate of drug-likeness (QED) is 0.406. The topological polar surface area (TPSA) is 108 Å². The van der Waals surface area contributed by atoms with E-state index in [1.54, 1.807) is 0 Å². The molecule has 0 aliphatic heterocycles.